The lowest BCUT2D eigenvalue weighted by atomic mass is 10.2. The average Bonchev–Trinajstić information content (AvgIpc) is 2.70. The molecular formula is C10H9BrClN3. The van der Waals surface area contributed by atoms with E-state index in [1.807, 2.05) is 25.1 Å². The topological polar surface area (TPSA) is 30.7 Å². The molecule has 78 valence electrons. The summed E-state index contributed by atoms with van der Waals surface area (Å²) in [6.07, 6.45) is 1.67. The molecule has 0 aliphatic heterocycles. The number of halogens is 2. The molecule has 1 aromatic heterocycles. The fraction of sp³-hybridized carbons (Fsp3) is 0.200. The van der Waals surface area contributed by atoms with Gasteiger partial charge in [0.15, 0.2) is 0 Å². The van der Waals surface area contributed by atoms with Crippen LogP contribution in [-0.2, 0) is 5.88 Å². The monoisotopic (exact) mass is 285 g/mol. The van der Waals surface area contributed by atoms with E-state index in [1.165, 1.54) is 5.56 Å². The SMILES string of the molecule is Cc1ccc(-n2nncc2CCl)cc1Br. The summed E-state index contributed by atoms with van der Waals surface area (Å²) >= 11 is 9.27. The van der Waals surface area contributed by atoms with Gasteiger partial charge in [-0.25, -0.2) is 4.68 Å². The van der Waals surface area contributed by atoms with E-state index in [-0.39, 0.29) is 0 Å². The zero-order valence-electron chi connectivity index (χ0n) is 8.11. The molecule has 0 fully saturated rings. The number of rotatable bonds is 2. The lowest BCUT2D eigenvalue weighted by Gasteiger charge is -2.05. The van der Waals surface area contributed by atoms with Gasteiger partial charge in [-0.05, 0) is 24.6 Å². The number of alkyl halides is 1. The summed E-state index contributed by atoms with van der Waals surface area (Å²) in [6.45, 7) is 2.04. The van der Waals surface area contributed by atoms with Crippen LogP contribution in [0.1, 0.15) is 11.3 Å². The van der Waals surface area contributed by atoms with E-state index in [9.17, 15) is 0 Å². The minimum atomic E-state index is 0.401. The van der Waals surface area contributed by atoms with Gasteiger partial charge in [0.2, 0.25) is 0 Å². The van der Waals surface area contributed by atoms with Crippen molar-refractivity contribution < 1.29 is 0 Å². The Bertz CT molecular complexity index is 481. The third kappa shape index (κ3) is 2.06. The maximum Gasteiger partial charge on any atom is 0.0793 e. The van der Waals surface area contributed by atoms with Crippen molar-refractivity contribution >= 4 is 27.5 Å². The van der Waals surface area contributed by atoms with Crippen LogP contribution in [0.25, 0.3) is 5.69 Å². The Labute approximate surface area is 101 Å². The van der Waals surface area contributed by atoms with Crippen molar-refractivity contribution in [3.05, 3.63) is 40.1 Å². The highest BCUT2D eigenvalue weighted by molar-refractivity contribution is 9.10. The predicted molar refractivity (Wildman–Crippen MR) is 63.4 cm³/mol. The molecular weight excluding hydrogens is 277 g/mol. The molecule has 15 heavy (non-hydrogen) atoms. The number of hydrogen-bond acceptors (Lipinski definition) is 2. The zero-order chi connectivity index (χ0) is 10.8. The van der Waals surface area contributed by atoms with Gasteiger partial charge in [-0.2, -0.15) is 0 Å². The van der Waals surface area contributed by atoms with Crippen LogP contribution < -0.4 is 0 Å². The van der Waals surface area contributed by atoms with E-state index in [0.29, 0.717) is 5.88 Å². The minimum Gasteiger partial charge on any atom is -0.216 e. The Morgan fingerprint density at radius 1 is 1.47 bits per heavy atom. The van der Waals surface area contributed by atoms with E-state index < -0.39 is 0 Å². The van der Waals surface area contributed by atoms with Gasteiger partial charge in [-0.15, -0.1) is 16.7 Å². The number of hydrogen-bond donors (Lipinski definition) is 0. The molecule has 0 unspecified atom stereocenters. The molecule has 0 N–H and O–H groups in total. The normalized spacial score (nSPS) is 10.6. The molecule has 0 saturated heterocycles. The summed E-state index contributed by atoms with van der Waals surface area (Å²) in [5.41, 5.74) is 3.03. The van der Waals surface area contributed by atoms with E-state index in [2.05, 4.69) is 26.2 Å². The highest BCUT2D eigenvalue weighted by Gasteiger charge is 2.05. The molecule has 1 aromatic carbocycles. The predicted octanol–water partition coefficient (Wildman–Crippen LogP) is 3.08. The highest BCUT2D eigenvalue weighted by atomic mass is 79.9. The molecule has 0 atom stereocenters. The standard InChI is InChI=1S/C10H9BrClN3/c1-7-2-3-8(4-10(7)11)15-9(5-12)6-13-14-15/h2-4,6H,5H2,1H3. The Morgan fingerprint density at radius 3 is 2.93 bits per heavy atom. The Hall–Kier alpha value is -0.870. The van der Waals surface area contributed by atoms with Crippen LogP contribution in [0.3, 0.4) is 0 Å². The van der Waals surface area contributed by atoms with Gasteiger partial charge in [0, 0.05) is 4.47 Å². The summed E-state index contributed by atoms with van der Waals surface area (Å²) in [6, 6.07) is 6.02. The van der Waals surface area contributed by atoms with E-state index in [0.717, 1.165) is 15.9 Å². The summed E-state index contributed by atoms with van der Waals surface area (Å²) < 4.78 is 2.79. The van der Waals surface area contributed by atoms with Crippen molar-refractivity contribution in [2.24, 2.45) is 0 Å². The van der Waals surface area contributed by atoms with Crippen LogP contribution in [0, 0.1) is 6.92 Å². The fourth-order valence-electron chi connectivity index (χ4n) is 1.28. The highest BCUT2D eigenvalue weighted by Crippen LogP contribution is 2.20. The third-order valence-corrected chi connectivity index (χ3v) is 3.28. The van der Waals surface area contributed by atoms with Gasteiger partial charge in [-0.1, -0.05) is 27.2 Å². The molecule has 0 saturated carbocycles. The van der Waals surface area contributed by atoms with Crippen molar-refractivity contribution in [2.45, 2.75) is 12.8 Å². The number of benzene rings is 1. The van der Waals surface area contributed by atoms with Gasteiger partial charge in [0.1, 0.15) is 0 Å². The maximum atomic E-state index is 5.78. The molecule has 5 heteroatoms. The van der Waals surface area contributed by atoms with Crippen LogP contribution in [0.2, 0.25) is 0 Å². The lowest BCUT2D eigenvalue weighted by Crippen LogP contribution is -2.00. The van der Waals surface area contributed by atoms with Crippen molar-refractivity contribution in [1.29, 1.82) is 0 Å². The van der Waals surface area contributed by atoms with Gasteiger partial charge < -0.3 is 0 Å². The van der Waals surface area contributed by atoms with Crippen molar-refractivity contribution in [1.82, 2.24) is 15.0 Å². The Balaban J connectivity index is 2.50. The molecule has 3 nitrogen and oxygen atoms in total. The van der Waals surface area contributed by atoms with Crippen LogP contribution in [0.15, 0.2) is 28.9 Å². The van der Waals surface area contributed by atoms with Crippen molar-refractivity contribution in [2.75, 3.05) is 0 Å². The molecule has 2 rings (SSSR count). The molecule has 0 bridgehead atoms. The van der Waals surface area contributed by atoms with Crippen LogP contribution in [-0.4, -0.2) is 15.0 Å². The second kappa shape index (κ2) is 4.33. The lowest BCUT2D eigenvalue weighted by molar-refractivity contribution is 0.780. The Morgan fingerprint density at radius 2 is 2.27 bits per heavy atom. The number of nitrogens with zero attached hydrogens (tertiary/aromatic N) is 3. The zero-order valence-corrected chi connectivity index (χ0v) is 10.5. The van der Waals surface area contributed by atoms with Gasteiger partial charge >= 0.3 is 0 Å². The number of aryl methyl sites for hydroxylation is 1. The average molecular weight is 287 g/mol. The van der Waals surface area contributed by atoms with Crippen LogP contribution in [0.5, 0.6) is 0 Å². The smallest absolute Gasteiger partial charge is 0.0793 e. The minimum absolute atomic E-state index is 0.401. The number of aromatic nitrogens is 3. The quantitative estimate of drug-likeness (QED) is 0.794. The second-order valence-electron chi connectivity index (χ2n) is 3.20. The fourth-order valence-corrected chi connectivity index (χ4v) is 1.83. The first-order valence-electron chi connectivity index (χ1n) is 4.44. The molecule has 2 aromatic rings. The second-order valence-corrected chi connectivity index (χ2v) is 4.33. The first-order chi connectivity index (χ1) is 7.22. The molecule has 0 amide bonds. The first kappa shape index (κ1) is 10.6. The van der Waals surface area contributed by atoms with E-state index >= 15 is 0 Å². The molecule has 0 aliphatic rings. The molecule has 0 spiro atoms. The van der Waals surface area contributed by atoms with E-state index in [4.69, 9.17) is 11.6 Å². The summed E-state index contributed by atoms with van der Waals surface area (Å²) in [5, 5.41) is 7.82. The van der Waals surface area contributed by atoms with Gasteiger partial charge in [0.05, 0.1) is 23.5 Å². The van der Waals surface area contributed by atoms with Gasteiger partial charge in [-0.3, -0.25) is 0 Å². The third-order valence-electron chi connectivity index (χ3n) is 2.16. The first-order valence-corrected chi connectivity index (χ1v) is 5.77. The largest absolute Gasteiger partial charge is 0.216 e. The molecule has 0 radical (unpaired) electrons. The van der Waals surface area contributed by atoms with Crippen molar-refractivity contribution in [3.8, 4) is 5.69 Å². The van der Waals surface area contributed by atoms with Crippen LogP contribution in [0.4, 0.5) is 0 Å². The van der Waals surface area contributed by atoms with Crippen LogP contribution >= 0.6 is 27.5 Å². The van der Waals surface area contributed by atoms with Crippen molar-refractivity contribution in [3.63, 3.8) is 0 Å². The molecule has 0 aliphatic carbocycles. The molecule has 1 heterocycles. The van der Waals surface area contributed by atoms with E-state index in [1.54, 1.807) is 10.9 Å². The maximum absolute atomic E-state index is 5.78. The Kier molecular flexibility index (Phi) is 3.07. The summed E-state index contributed by atoms with van der Waals surface area (Å²) in [5.74, 6) is 0.401. The summed E-state index contributed by atoms with van der Waals surface area (Å²) in [4.78, 5) is 0. The van der Waals surface area contributed by atoms with Gasteiger partial charge in [0.25, 0.3) is 0 Å². The summed E-state index contributed by atoms with van der Waals surface area (Å²) in [7, 11) is 0.